The number of hydrogen-bond acceptors (Lipinski definition) is 7. The molecule has 168 valence electrons. The Bertz CT molecular complexity index is 1300. The maximum absolute atomic E-state index is 13.6. The van der Waals surface area contributed by atoms with Crippen LogP contribution in [0.3, 0.4) is 0 Å². The van der Waals surface area contributed by atoms with E-state index in [9.17, 15) is 13.6 Å². The smallest absolute Gasteiger partial charge is 0.272 e. The zero-order valence-corrected chi connectivity index (χ0v) is 17.6. The van der Waals surface area contributed by atoms with E-state index in [0.717, 1.165) is 18.0 Å². The number of piperazine rings is 1. The molecule has 1 aliphatic heterocycles. The van der Waals surface area contributed by atoms with Gasteiger partial charge >= 0.3 is 0 Å². The van der Waals surface area contributed by atoms with E-state index in [2.05, 4.69) is 30.0 Å². The van der Waals surface area contributed by atoms with E-state index < -0.39 is 11.6 Å². The molecule has 0 radical (unpaired) electrons. The Labute approximate surface area is 187 Å². The number of rotatable bonds is 4. The van der Waals surface area contributed by atoms with Gasteiger partial charge in [0.05, 0.1) is 5.69 Å². The first-order chi connectivity index (χ1) is 16.0. The second-order valence-electron chi connectivity index (χ2n) is 7.52. The lowest BCUT2D eigenvalue weighted by Gasteiger charge is -2.35. The van der Waals surface area contributed by atoms with Crippen LogP contribution in [-0.4, -0.2) is 71.5 Å². The molecular weight excluding hydrogens is 432 g/mol. The molecule has 4 aromatic rings. The van der Waals surface area contributed by atoms with Crippen LogP contribution in [0.5, 0.6) is 0 Å². The topological polar surface area (TPSA) is 97.9 Å². The summed E-state index contributed by atoms with van der Waals surface area (Å²) < 4.78 is 29.8. The Hall–Kier alpha value is -4.22. The summed E-state index contributed by atoms with van der Waals surface area (Å²) in [7, 11) is 1.65. The van der Waals surface area contributed by atoms with E-state index in [1.807, 2.05) is 6.07 Å². The number of benzene rings is 1. The SMILES string of the molecule is Cn1nc(-c2ccc(F)c(F)c2)cc1C(=O)N1CCN(c2cc(-n3cncn3)ncn2)CC1. The van der Waals surface area contributed by atoms with Crippen molar-refractivity contribution in [1.82, 2.24) is 39.4 Å². The molecule has 0 saturated carbocycles. The molecule has 1 aromatic carbocycles. The van der Waals surface area contributed by atoms with Crippen molar-refractivity contribution in [2.75, 3.05) is 31.1 Å². The van der Waals surface area contributed by atoms with Gasteiger partial charge in [0.15, 0.2) is 17.5 Å². The van der Waals surface area contributed by atoms with Gasteiger partial charge in [0.1, 0.15) is 30.5 Å². The van der Waals surface area contributed by atoms with E-state index in [1.165, 1.54) is 23.4 Å². The molecule has 1 saturated heterocycles. The third-order valence-electron chi connectivity index (χ3n) is 5.50. The molecule has 0 unspecified atom stereocenters. The fraction of sp³-hybridized carbons (Fsp3) is 0.238. The number of carbonyl (C=O) groups is 1. The summed E-state index contributed by atoms with van der Waals surface area (Å²) in [6, 6.07) is 6.96. The largest absolute Gasteiger partial charge is 0.353 e. The summed E-state index contributed by atoms with van der Waals surface area (Å²) in [5, 5.41) is 8.38. The lowest BCUT2D eigenvalue weighted by Crippen LogP contribution is -2.49. The molecule has 0 spiro atoms. The minimum absolute atomic E-state index is 0.176. The van der Waals surface area contributed by atoms with Crippen LogP contribution in [0.1, 0.15) is 10.5 Å². The van der Waals surface area contributed by atoms with Crippen LogP contribution in [0.2, 0.25) is 0 Å². The van der Waals surface area contributed by atoms with Crippen molar-refractivity contribution in [3.8, 4) is 17.1 Å². The van der Waals surface area contributed by atoms with Gasteiger partial charge in [-0.15, -0.1) is 0 Å². The fourth-order valence-electron chi connectivity index (χ4n) is 3.73. The van der Waals surface area contributed by atoms with Crippen LogP contribution >= 0.6 is 0 Å². The standard InChI is InChI=1S/C21H19F2N9O/c1-29-18(9-17(28-29)14-2-3-15(22)16(23)8-14)21(33)31-6-4-30(5-7-31)19-10-20(26-12-25-19)32-13-24-11-27-32/h2-3,8-13H,4-7H2,1H3. The molecule has 4 heterocycles. The monoisotopic (exact) mass is 451 g/mol. The number of amides is 1. The first-order valence-electron chi connectivity index (χ1n) is 10.2. The minimum atomic E-state index is -0.959. The molecule has 1 fully saturated rings. The van der Waals surface area contributed by atoms with Crippen molar-refractivity contribution < 1.29 is 13.6 Å². The lowest BCUT2D eigenvalue weighted by molar-refractivity contribution is 0.0735. The summed E-state index contributed by atoms with van der Waals surface area (Å²) >= 11 is 0. The number of carbonyl (C=O) groups excluding carboxylic acids is 1. The van der Waals surface area contributed by atoms with Crippen LogP contribution < -0.4 is 4.90 Å². The van der Waals surface area contributed by atoms with Crippen molar-refractivity contribution in [3.05, 3.63) is 66.6 Å². The van der Waals surface area contributed by atoms with Crippen molar-refractivity contribution in [1.29, 1.82) is 0 Å². The summed E-state index contributed by atoms with van der Waals surface area (Å²) in [6.45, 7) is 2.17. The van der Waals surface area contributed by atoms with Crippen LogP contribution in [0, 0.1) is 11.6 Å². The minimum Gasteiger partial charge on any atom is -0.353 e. The Kier molecular flexibility index (Phi) is 5.24. The van der Waals surface area contributed by atoms with Gasteiger partial charge < -0.3 is 9.80 Å². The number of anilines is 1. The Morgan fingerprint density at radius 1 is 0.939 bits per heavy atom. The second-order valence-corrected chi connectivity index (χ2v) is 7.52. The molecule has 5 rings (SSSR count). The predicted octanol–water partition coefficient (Wildman–Crippen LogP) is 1.70. The van der Waals surface area contributed by atoms with E-state index >= 15 is 0 Å². The molecule has 0 bridgehead atoms. The van der Waals surface area contributed by atoms with Crippen molar-refractivity contribution in [3.63, 3.8) is 0 Å². The van der Waals surface area contributed by atoms with E-state index in [-0.39, 0.29) is 5.91 Å². The molecule has 33 heavy (non-hydrogen) atoms. The van der Waals surface area contributed by atoms with Gasteiger partial charge in [-0.3, -0.25) is 9.48 Å². The molecule has 0 atom stereocenters. The zero-order valence-electron chi connectivity index (χ0n) is 17.6. The molecule has 1 amide bonds. The Balaban J connectivity index is 1.28. The predicted molar refractivity (Wildman–Crippen MR) is 114 cm³/mol. The normalized spacial score (nSPS) is 14.0. The van der Waals surface area contributed by atoms with Gasteiger partial charge in [-0.1, -0.05) is 0 Å². The maximum atomic E-state index is 13.6. The van der Waals surface area contributed by atoms with Crippen LogP contribution in [0.15, 0.2) is 49.3 Å². The molecule has 1 aliphatic rings. The van der Waals surface area contributed by atoms with Crippen molar-refractivity contribution in [2.24, 2.45) is 7.05 Å². The maximum Gasteiger partial charge on any atom is 0.272 e. The van der Waals surface area contributed by atoms with Gasteiger partial charge in [0, 0.05) is 44.9 Å². The molecule has 12 heteroatoms. The highest BCUT2D eigenvalue weighted by Crippen LogP contribution is 2.23. The molecule has 0 N–H and O–H groups in total. The lowest BCUT2D eigenvalue weighted by atomic mass is 10.1. The highest BCUT2D eigenvalue weighted by molar-refractivity contribution is 5.94. The van der Waals surface area contributed by atoms with Crippen molar-refractivity contribution in [2.45, 2.75) is 0 Å². The third-order valence-corrected chi connectivity index (χ3v) is 5.50. The summed E-state index contributed by atoms with van der Waals surface area (Å²) in [5.41, 5.74) is 1.18. The number of halogens is 2. The Morgan fingerprint density at radius 2 is 1.73 bits per heavy atom. The van der Waals surface area contributed by atoms with Crippen molar-refractivity contribution >= 4 is 11.7 Å². The number of hydrogen-bond donors (Lipinski definition) is 0. The number of aryl methyl sites for hydroxylation is 1. The quantitative estimate of drug-likeness (QED) is 0.466. The summed E-state index contributed by atoms with van der Waals surface area (Å²) in [5.74, 6) is -0.719. The van der Waals surface area contributed by atoms with Gasteiger partial charge in [-0.05, 0) is 24.3 Å². The third kappa shape index (κ3) is 4.02. The highest BCUT2D eigenvalue weighted by atomic mass is 19.2. The fourth-order valence-corrected chi connectivity index (χ4v) is 3.73. The summed E-state index contributed by atoms with van der Waals surface area (Å²) in [4.78, 5) is 29.4. The Morgan fingerprint density at radius 3 is 2.45 bits per heavy atom. The van der Waals surface area contributed by atoms with Gasteiger partial charge in [0.2, 0.25) is 0 Å². The second kappa shape index (κ2) is 8.37. The van der Waals surface area contributed by atoms with Gasteiger partial charge in [-0.25, -0.2) is 28.4 Å². The van der Waals surface area contributed by atoms with E-state index in [4.69, 9.17) is 0 Å². The zero-order chi connectivity index (χ0) is 22.9. The highest BCUT2D eigenvalue weighted by Gasteiger charge is 2.26. The average Bonchev–Trinajstić information content (AvgIpc) is 3.51. The van der Waals surface area contributed by atoms with Crippen LogP contribution in [-0.2, 0) is 7.05 Å². The van der Waals surface area contributed by atoms with Crippen LogP contribution in [0.25, 0.3) is 17.1 Å². The van der Waals surface area contributed by atoms with Gasteiger partial charge in [0.25, 0.3) is 5.91 Å². The summed E-state index contributed by atoms with van der Waals surface area (Å²) in [6.07, 6.45) is 4.47. The molecular formula is C21H19F2N9O. The number of nitrogens with zero attached hydrogens (tertiary/aromatic N) is 9. The van der Waals surface area contributed by atoms with E-state index in [1.54, 1.807) is 29.0 Å². The van der Waals surface area contributed by atoms with E-state index in [0.29, 0.717) is 48.9 Å². The van der Waals surface area contributed by atoms with Crippen LogP contribution in [0.4, 0.5) is 14.6 Å². The molecule has 3 aromatic heterocycles. The molecule has 10 nitrogen and oxygen atoms in total. The van der Waals surface area contributed by atoms with Gasteiger partial charge in [-0.2, -0.15) is 10.2 Å². The average molecular weight is 451 g/mol. The number of aromatic nitrogens is 7. The first-order valence-corrected chi connectivity index (χ1v) is 10.2. The molecule has 0 aliphatic carbocycles. The first kappa shape index (κ1) is 20.7.